The molecule has 2 aliphatic heterocycles. The van der Waals surface area contributed by atoms with E-state index in [4.69, 9.17) is 4.74 Å². The van der Waals surface area contributed by atoms with Crippen molar-refractivity contribution in [2.45, 2.75) is 29.8 Å². The molecule has 3 heterocycles. The van der Waals surface area contributed by atoms with Crippen LogP contribution < -0.4 is 14.8 Å². The van der Waals surface area contributed by atoms with Crippen LogP contribution in [0.1, 0.15) is 18.4 Å². The Morgan fingerprint density at radius 2 is 2.07 bits per heavy atom. The summed E-state index contributed by atoms with van der Waals surface area (Å²) in [5.74, 6) is 0.603. The third-order valence-corrected chi connectivity index (χ3v) is 6.82. The van der Waals surface area contributed by atoms with E-state index in [0.717, 1.165) is 5.56 Å². The van der Waals surface area contributed by atoms with E-state index in [-0.39, 0.29) is 10.8 Å². The molecule has 4 rings (SSSR count). The van der Waals surface area contributed by atoms with E-state index in [2.05, 4.69) is 15.0 Å². The second-order valence-electron chi connectivity index (χ2n) is 7.09. The van der Waals surface area contributed by atoms with Crippen molar-refractivity contribution < 1.29 is 17.9 Å². The zero-order chi connectivity index (χ0) is 19.8. The van der Waals surface area contributed by atoms with Gasteiger partial charge in [-0.15, -0.1) is 0 Å². The van der Waals surface area contributed by atoms with Crippen molar-refractivity contribution >= 4 is 21.6 Å². The Kier molecular flexibility index (Phi) is 4.72. The third-order valence-electron chi connectivity index (χ3n) is 5.23. The number of aromatic nitrogens is 1. The molecular formula is C19H22N4O4S. The van der Waals surface area contributed by atoms with Crippen LogP contribution >= 0.6 is 0 Å². The van der Waals surface area contributed by atoms with Crippen LogP contribution in [0.3, 0.4) is 0 Å². The molecule has 0 aliphatic carbocycles. The molecule has 0 atom stereocenters. The van der Waals surface area contributed by atoms with Gasteiger partial charge in [0.1, 0.15) is 16.3 Å². The van der Waals surface area contributed by atoms with E-state index in [1.165, 1.54) is 6.07 Å². The number of pyridine rings is 1. The Balaban J connectivity index is 1.48. The number of carbonyl (C=O) groups is 1. The number of benzene rings is 1. The summed E-state index contributed by atoms with van der Waals surface area (Å²) in [7, 11) is -2.10. The van der Waals surface area contributed by atoms with Gasteiger partial charge >= 0.3 is 0 Å². The molecule has 1 aromatic carbocycles. The van der Waals surface area contributed by atoms with Crippen LogP contribution in [0.5, 0.6) is 5.75 Å². The molecule has 0 unspecified atom stereocenters. The Bertz CT molecular complexity index is 986. The van der Waals surface area contributed by atoms with Crippen LogP contribution in [-0.2, 0) is 21.2 Å². The maximum Gasteiger partial charge on any atom is 0.244 e. The van der Waals surface area contributed by atoms with E-state index >= 15 is 0 Å². The van der Waals surface area contributed by atoms with Gasteiger partial charge in [-0.1, -0.05) is 6.07 Å². The zero-order valence-electron chi connectivity index (χ0n) is 15.5. The molecule has 8 nitrogen and oxygen atoms in total. The van der Waals surface area contributed by atoms with Crippen molar-refractivity contribution in [3.8, 4) is 5.75 Å². The number of nitrogens with one attached hydrogen (secondary N) is 2. The Labute approximate surface area is 164 Å². The fourth-order valence-electron chi connectivity index (χ4n) is 3.72. The molecule has 0 saturated carbocycles. The van der Waals surface area contributed by atoms with E-state index in [0.29, 0.717) is 43.8 Å². The molecule has 1 amide bonds. The lowest BCUT2D eigenvalue weighted by Crippen LogP contribution is -2.62. The third kappa shape index (κ3) is 3.55. The second kappa shape index (κ2) is 7.06. The van der Waals surface area contributed by atoms with Crippen molar-refractivity contribution in [1.82, 2.24) is 14.6 Å². The van der Waals surface area contributed by atoms with Gasteiger partial charge in [0.15, 0.2) is 0 Å². The molecule has 2 N–H and O–H groups in total. The number of likely N-dealkylation sites (tertiary alicyclic amines) is 1. The number of anilines is 1. The molecule has 1 saturated heterocycles. The van der Waals surface area contributed by atoms with Crippen LogP contribution in [0.25, 0.3) is 0 Å². The molecule has 9 heteroatoms. The molecule has 28 heavy (non-hydrogen) atoms. The Hall–Kier alpha value is -2.65. The van der Waals surface area contributed by atoms with Gasteiger partial charge in [0.2, 0.25) is 15.9 Å². The summed E-state index contributed by atoms with van der Waals surface area (Å²) in [6, 6.07) is 8.52. The minimum absolute atomic E-state index is 0.0172. The fraction of sp³-hybridized carbons (Fsp3) is 0.368. The number of sulfonamides is 1. The normalized spacial score (nSPS) is 19.5. The molecule has 2 aliphatic rings. The summed E-state index contributed by atoms with van der Waals surface area (Å²) in [4.78, 5) is 18.6. The smallest absolute Gasteiger partial charge is 0.244 e. The van der Waals surface area contributed by atoms with E-state index in [9.17, 15) is 13.2 Å². The van der Waals surface area contributed by atoms with Crippen LogP contribution in [0, 0.1) is 0 Å². The highest BCUT2D eigenvalue weighted by Gasteiger charge is 2.43. The first-order valence-electron chi connectivity index (χ1n) is 9.08. The van der Waals surface area contributed by atoms with Crippen molar-refractivity contribution in [2.24, 2.45) is 0 Å². The number of carbonyl (C=O) groups excluding carboxylic acids is 1. The van der Waals surface area contributed by atoms with E-state index in [1.54, 1.807) is 42.6 Å². The number of hydrogen-bond acceptors (Lipinski definition) is 6. The van der Waals surface area contributed by atoms with E-state index < -0.39 is 15.7 Å². The highest BCUT2D eigenvalue weighted by atomic mass is 32.2. The fourth-order valence-corrected chi connectivity index (χ4v) is 5.24. The number of amides is 1. The molecular weight excluding hydrogens is 380 g/mol. The quantitative estimate of drug-likeness (QED) is 0.804. The van der Waals surface area contributed by atoms with Gasteiger partial charge in [-0.25, -0.2) is 8.42 Å². The number of nitrogens with zero attached hydrogens (tertiary/aromatic N) is 2. The predicted molar refractivity (Wildman–Crippen MR) is 103 cm³/mol. The molecule has 0 radical (unpaired) electrons. The summed E-state index contributed by atoms with van der Waals surface area (Å²) in [5.41, 5.74) is 0.585. The summed E-state index contributed by atoms with van der Waals surface area (Å²) >= 11 is 0. The molecule has 0 bridgehead atoms. The van der Waals surface area contributed by atoms with Gasteiger partial charge in [-0.2, -0.15) is 4.72 Å². The topological polar surface area (TPSA) is 101 Å². The number of fused-ring (bicyclic) bond motifs is 1. The first kappa shape index (κ1) is 18.7. The van der Waals surface area contributed by atoms with Crippen molar-refractivity contribution in [1.29, 1.82) is 0 Å². The van der Waals surface area contributed by atoms with Crippen LogP contribution in [0.15, 0.2) is 47.6 Å². The summed E-state index contributed by atoms with van der Waals surface area (Å²) < 4.78 is 33.4. The number of ether oxygens (including phenoxy) is 1. The van der Waals surface area contributed by atoms with Crippen LogP contribution in [0.2, 0.25) is 0 Å². The SMILES string of the molecule is COc1ccc2c(c1)NC1(CCN(C(=O)Cc3cccnc3)CC1)NS2(=O)=O. The average Bonchev–Trinajstić information content (AvgIpc) is 2.68. The van der Waals surface area contributed by atoms with Crippen molar-refractivity contribution in [3.05, 3.63) is 48.3 Å². The lowest BCUT2D eigenvalue weighted by Gasteiger charge is -2.45. The molecule has 1 aromatic heterocycles. The molecule has 1 spiro atoms. The minimum atomic E-state index is -3.64. The largest absolute Gasteiger partial charge is 0.497 e. The average molecular weight is 402 g/mol. The van der Waals surface area contributed by atoms with Gasteiger partial charge in [0, 0.05) is 44.4 Å². The van der Waals surface area contributed by atoms with Gasteiger partial charge in [-0.05, 0) is 23.8 Å². The standard InChI is InChI=1S/C19H22N4O4S/c1-27-15-4-5-17-16(12-15)21-19(22-28(17,25)26)6-9-23(10-7-19)18(24)11-14-3-2-8-20-13-14/h2-5,8,12-13,21-22H,6-7,9-11H2,1H3. The van der Waals surface area contributed by atoms with Gasteiger partial charge in [-0.3, -0.25) is 9.78 Å². The number of hydrogen-bond donors (Lipinski definition) is 2. The second-order valence-corrected chi connectivity index (χ2v) is 8.74. The highest BCUT2D eigenvalue weighted by molar-refractivity contribution is 7.89. The van der Waals surface area contributed by atoms with Gasteiger partial charge < -0.3 is 15.0 Å². The highest BCUT2D eigenvalue weighted by Crippen LogP contribution is 2.36. The van der Waals surface area contributed by atoms with Gasteiger partial charge in [0.05, 0.1) is 19.2 Å². The maximum absolute atomic E-state index is 12.7. The van der Waals surface area contributed by atoms with Crippen LogP contribution in [-0.4, -0.2) is 50.1 Å². The summed E-state index contributed by atoms with van der Waals surface area (Å²) in [5, 5.41) is 3.33. The Morgan fingerprint density at radius 3 is 2.75 bits per heavy atom. The first-order chi connectivity index (χ1) is 13.4. The summed E-state index contributed by atoms with van der Waals surface area (Å²) in [6.07, 6.45) is 4.60. The molecule has 148 valence electrons. The summed E-state index contributed by atoms with van der Waals surface area (Å²) in [6.45, 7) is 0.932. The molecule has 2 aromatic rings. The zero-order valence-corrected chi connectivity index (χ0v) is 16.3. The lowest BCUT2D eigenvalue weighted by molar-refractivity contribution is -0.131. The van der Waals surface area contributed by atoms with Gasteiger partial charge in [0.25, 0.3) is 0 Å². The molecule has 1 fully saturated rings. The van der Waals surface area contributed by atoms with Crippen molar-refractivity contribution in [3.63, 3.8) is 0 Å². The predicted octanol–water partition coefficient (Wildman–Crippen LogP) is 1.36. The number of methoxy groups -OCH3 is 1. The monoisotopic (exact) mass is 402 g/mol. The number of rotatable bonds is 3. The first-order valence-corrected chi connectivity index (χ1v) is 10.6. The maximum atomic E-state index is 12.7. The minimum Gasteiger partial charge on any atom is -0.497 e. The van der Waals surface area contributed by atoms with Crippen LogP contribution in [0.4, 0.5) is 5.69 Å². The van der Waals surface area contributed by atoms with Crippen molar-refractivity contribution in [2.75, 3.05) is 25.5 Å². The Morgan fingerprint density at radius 1 is 1.29 bits per heavy atom. The number of piperidine rings is 1. The van der Waals surface area contributed by atoms with E-state index in [1.807, 2.05) is 6.07 Å². The lowest BCUT2D eigenvalue weighted by atomic mass is 9.96.